The van der Waals surface area contributed by atoms with E-state index in [9.17, 15) is 17.6 Å². The Morgan fingerprint density at radius 3 is 2.11 bits per heavy atom. The van der Waals surface area contributed by atoms with E-state index in [-0.39, 0.29) is 5.39 Å². The van der Waals surface area contributed by atoms with Gasteiger partial charge in [0.05, 0.1) is 5.56 Å². The molecule has 0 spiro atoms. The minimum Gasteiger partial charge on any atom is -0.206 e. The van der Waals surface area contributed by atoms with Crippen LogP contribution in [0, 0.1) is 5.82 Å². The smallest absolute Gasteiger partial charge is 0.206 e. The second-order valence-electron chi connectivity index (χ2n) is 7.22. The van der Waals surface area contributed by atoms with E-state index >= 15 is 0 Å². The number of hydrogen-bond donors (Lipinski definition) is 0. The van der Waals surface area contributed by atoms with Crippen molar-refractivity contribution in [2.75, 3.05) is 0 Å². The van der Waals surface area contributed by atoms with Crippen molar-refractivity contribution >= 4 is 10.8 Å². The maximum absolute atomic E-state index is 14.2. The van der Waals surface area contributed by atoms with Crippen molar-refractivity contribution in [3.8, 4) is 11.1 Å². The van der Waals surface area contributed by atoms with Gasteiger partial charge in [0.1, 0.15) is 5.82 Å². The SMILES string of the molecule is CCCCCCCc1ccc(-c2ccc3c(F)c(C(F)(F)F)ccc3c2)cc1. The molecule has 0 aliphatic carbocycles. The van der Waals surface area contributed by atoms with Crippen molar-refractivity contribution in [2.24, 2.45) is 0 Å². The molecule has 0 aliphatic heterocycles. The Morgan fingerprint density at radius 2 is 1.43 bits per heavy atom. The molecule has 0 aliphatic rings. The van der Waals surface area contributed by atoms with Crippen molar-refractivity contribution in [3.05, 3.63) is 71.5 Å². The lowest BCUT2D eigenvalue weighted by molar-refractivity contribution is -0.139. The number of hydrogen-bond acceptors (Lipinski definition) is 0. The molecule has 148 valence electrons. The Kier molecular flexibility index (Phi) is 6.38. The molecule has 3 aromatic carbocycles. The van der Waals surface area contributed by atoms with Crippen LogP contribution >= 0.6 is 0 Å². The highest BCUT2D eigenvalue weighted by Crippen LogP contribution is 2.35. The fourth-order valence-electron chi connectivity index (χ4n) is 3.49. The molecule has 0 bridgehead atoms. The molecule has 0 aromatic heterocycles. The van der Waals surface area contributed by atoms with Gasteiger partial charge in [-0.25, -0.2) is 4.39 Å². The molecule has 3 rings (SSSR count). The van der Waals surface area contributed by atoms with Crippen LogP contribution in [0.3, 0.4) is 0 Å². The molecule has 0 fully saturated rings. The standard InChI is InChI=1S/C24H24F4/c1-2-3-4-5-6-7-17-8-10-18(11-9-17)19-12-14-21-20(16-19)13-15-22(23(21)25)24(26,27)28/h8-16H,2-7H2,1H3. The lowest BCUT2D eigenvalue weighted by atomic mass is 9.97. The summed E-state index contributed by atoms with van der Waals surface area (Å²) in [4.78, 5) is 0. The molecule has 0 N–H and O–H groups in total. The van der Waals surface area contributed by atoms with Crippen LogP contribution in [0.15, 0.2) is 54.6 Å². The van der Waals surface area contributed by atoms with Gasteiger partial charge in [-0.3, -0.25) is 0 Å². The van der Waals surface area contributed by atoms with Gasteiger partial charge in [-0.1, -0.05) is 75.1 Å². The number of aryl methyl sites for hydroxylation is 1. The quantitative estimate of drug-likeness (QED) is 0.283. The zero-order chi connectivity index (χ0) is 20.1. The monoisotopic (exact) mass is 388 g/mol. The molecule has 0 radical (unpaired) electrons. The van der Waals surface area contributed by atoms with Gasteiger partial charge in [-0.15, -0.1) is 0 Å². The summed E-state index contributed by atoms with van der Waals surface area (Å²) in [6.07, 6.45) is 2.57. The molecular weight excluding hydrogens is 364 g/mol. The summed E-state index contributed by atoms with van der Waals surface area (Å²) in [6, 6.07) is 15.2. The average molecular weight is 388 g/mol. The molecule has 28 heavy (non-hydrogen) atoms. The van der Waals surface area contributed by atoms with Gasteiger partial charge in [0.25, 0.3) is 0 Å². The van der Waals surface area contributed by atoms with Gasteiger partial charge < -0.3 is 0 Å². The highest BCUT2D eigenvalue weighted by Gasteiger charge is 2.34. The van der Waals surface area contributed by atoms with Gasteiger partial charge in [-0.05, 0) is 47.1 Å². The predicted octanol–water partition coefficient (Wildman–Crippen LogP) is 8.18. The molecule has 0 saturated carbocycles. The van der Waals surface area contributed by atoms with Crippen LogP contribution in [-0.4, -0.2) is 0 Å². The van der Waals surface area contributed by atoms with Gasteiger partial charge in [-0.2, -0.15) is 13.2 Å². The first-order valence-corrected chi connectivity index (χ1v) is 9.79. The van der Waals surface area contributed by atoms with Gasteiger partial charge in [0.2, 0.25) is 0 Å². The Balaban J connectivity index is 1.76. The van der Waals surface area contributed by atoms with Crippen molar-refractivity contribution in [1.82, 2.24) is 0 Å². The van der Waals surface area contributed by atoms with Crippen LogP contribution in [-0.2, 0) is 12.6 Å². The van der Waals surface area contributed by atoms with Crippen molar-refractivity contribution in [1.29, 1.82) is 0 Å². The molecule has 0 atom stereocenters. The summed E-state index contributed by atoms with van der Waals surface area (Å²) in [7, 11) is 0. The highest BCUT2D eigenvalue weighted by atomic mass is 19.4. The number of benzene rings is 3. The Hall–Kier alpha value is -2.36. The van der Waals surface area contributed by atoms with Crippen LogP contribution in [0.4, 0.5) is 17.6 Å². The number of alkyl halides is 3. The van der Waals surface area contributed by atoms with E-state index in [0.29, 0.717) is 5.39 Å². The van der Waals surface area contributed by atoms with Crippen LogP contribution < -0.4 is 0 Å². The maximum Gasteiger partial charge on any atom is 0.419 e. The normalized spacial score (nSPS) is 11.9. The summed E-state index contributed by atoms with van der Waals surface area (Å²) >= 11 is 0. The third kappa shape index (κ3) is 4.73. The van der Waals surface area contributed by atoms with Crippen molar-refractivity contribution in [3.63, 3.8) is 0 Å². The molecule has 0 nitrogen and oxygen atoms in total. The van der Waals surface area contributed by atoms with Crippen molar-refractivity contribution < 1.29 is 17.6 Å². The number of fused-ring (bicyclic) bond motifs is 1. The lowest BCUT2D eigenvalue weighted by Crippen LogP contribution is -2.08. The largest absolute Gasteiger partial charge is 0.419 e. The van der Waals surface area contributed by atoms with Crippen LogP contribution in [0.25, 0.3) is 21.9 Å². The van der Waals surface area contributed by atoms with Crippen LogP contribution in [0.5, 0.6) is 0 Å². The van der Waals surface area contributed by atoms with E-state index in [4.69, 9.17) is 0 Å². The predicted molar refractivity (Wildman–Crippen MR) is 107 cm³/mol. The number of unbranched alkanes of at least 4 members (excludes halogenated alkanes) is 4. The van der Waals surface area contributed by atoms with E-state index in [0.717, 1.165) is 23.6 Å². The highest BCUT2D eigenvalue weighted by molar-refractivity contribution is 5.88. The topological polar surface area (TPSA) is 0 Å². The summed E-state index contributed by atoms with van der Waals surface area (Å²) < 4.78 is 52.8. The van der Waals surface area contributed by atoms with Gasteiger partial charge in [0, 0.05) is 5.39 Å². The van der Waals surface area contributed by atoms with Crippen molar-refractivity contribution in [2.45, 2.75) is 51.6 Å². The third-order valence-corrected chi connectivity index (χ3v) is 5.12. The molecule has 4 heteroatoms. The van der Waals surface area contributed by atoms with Crippen LogP contribution in [0.2, 0.25) is 0 Å². The zero-order valence-electron chi connectivity index (χ0n) is 16.0. The maximum atomic E-state index is 14.2. The summed E-state index contributed by atoms with van der Waals surface area (Å²) in [5.74, 6) is -1.21. The molecule has 0 unspecified atom stereocenters. The summed E-state index contributed by atoms with van der Waals surface area (Å²) in [6.45, 7) is 2.20. The Morgan fingerprint density at radius 1 is 0.750 bits per heavy atom. The fraction of sp³-hybridized carbons (Fsp3) is 0.333. The molecule has 0 amide bonds. The summed E-state index contributed by atoms with van der Waals surface area (Å²) in [5.41, 5.74) is 1.89. The van der Waals surface area contributed by atoms with Gasteiger partial charge >= 0.3 is 6.18 Å². The lowest BCUT2D eigenvalue weighted by Gasteiger charge is -2.11. The first-order chi connectivity index (χ1) is 13.4. The minimum atomic E-state index is -4.69. The van der Waals surface area contributed by atoms with E-state index in [1.165, 1.54) is 49.8 Å². The number of halogens is 4. The molecular formula is C24H24F4. The van der Waals surface area contributed by atoms with E-state index in [2.05, 4.69) is 19.1 Å². The minimum absolute atomic E-state index is 0.0118. The second-order valence-corrected chi connectivity index (χ2v) is 7.22. The fourth-order valence-corrected chi connectivity index (χ4v) is 3.49. The number of rotatable bonds is 7. The van der Waals surface area contributed by atoms with E-state index in [1.54, 1.807) is 12.1 Å². The molecule has 3 aromatic rings. The third-order valence-electron chi connectivity index (χ3n) is 5.12. The Labute approximate surface area is 163 Å². The Bertz CT molecular complexity index is 924. The zero-order valence-corrected chi connectivity index (χ0v) is 16.0. The molecule has 0 heterocycles. The van der Waals surface area contributed by atoms with Crippen LogP contribution in [0.1, 0.15) is 50.2 Å². The summed E-state index contributed by atoms with van der Waals surface area (Å²) in [5, 5.41) is 0.449. The van der Waals surface area contributed by atoms with Gasteiger partial charge in [0.15, 0.2) is 0 Å². The van der Waals surface area contributed by atoms with E-state index in [1.807, 2.05) is 12.1 Å². The molecule has 0 saturated heterocycles. The first-order valence-electron chi connectivity index (χ1n) is 9.79. The van der Waals surface area contributed by atoms with E-state index < -0.39 is 17.6 Å². The average Bonchev–Trinajstić information content (AvgIpc) is 2.67. The first kappa shape index (κ1) is 20.4. The second kappa shape index (κ2) is 8.76.